The minimum Gasteiger partial charge on any atom is -0.391 e. The average Bonchev–Trinajstić information content (AvgIpc) is 2.34. The molecule has 1 aliphatic rings. The molecule has 0 aromatic heterocycles. The van der Waals surface area contributed by atoms with Crippen LogP contribution in [0.1, 0.15) is 80.1 Å². The summed E-state index contributed by atoms with van der Waals surface area (Å²) in [7, 11) is 0. The Morgan fingerprint density at radius 1 is 1.15 bits per heavy atom. The number of aliphatic hydroxyl groups is 1. The third-order valence-corrected chi connectivity index (χ3v) is 5.11. The summed E-state index contributed by atoms with van der Waals surface area (Å²) in [5.74, 6) is 0.739. The predicted octanol–water partition coefficient (Wildman–Crippen LogP) is 4.46. The van der Waals surface area contributed by atoms with Crippen molar-refractivity contribution in [2.45, 2.75) is 98.3 Å². The van der Waals surface area contributed by atoms with Gasteiger partial charge < -0.3 is 5.11 Å². The van der Waals surface area contributed by atoms with E-state index in [1.54, 1.807) is 0 Å². The molecular formula is C18H37NO. The van der Waals surface area contributed by atoms with Gasteiger partial charge in [-0.2, -0.15) is 0 Å². The molecule has 1 rings (SSSR count). The maximum absolute atomic E-state index is 10.5. The van der Waals surface area contributed by atoms with Gasteiger partial charge in [-0.3, -0.25) is 4.90 Å². The largest absolute Gasteiger partial charge is 0.391 e. The molecule has 20 heavy (non-hydrogen) atoms. The molecule has 0 heterocycles. The summed E-state index contributed by atoms with van der Waals surface area (Å²) in [6.07, 6.45) is 7.02. The predicted molar refractivity (Wildman–Crippen MR) is 88.0 cm³/mol. The van der Waals surface area contributed by atoms with Crippen LogP contribution in [0, 0.1) is 11.3 Å². The Balaban J connectivity index is 2.71. The monoisotopic (exact) mass is 283 g/mol. The van der Waals surface area contributed by atoms with Gasteiger partial charge in [0.25, 0.3) is 0 Å². The zero-order valence-corrected chi connectivity index (χ0v) is 14.7. The molecule has 0 saturated heterocycles. The lowest BCUT2D eigenvalue weighted by Gasteiger charge is -2.46. The fourth-order valence-corrected chi connectivity index (χ4v) is 3.63. The molecule has 0 aromatic carbocycles. The van der Waals surface area contributed by atoms with E-state index < -0.39 is 0 Å². The van der Waals surface area contributed by atoms with Gasteiger partial charge in [-0.05, 0) is 57.4 Å². The van der Waals surface area contributed by atoms with Crippen LogP contribution in [0.2, 0.25) is 0 Å². The normalized spacial score (nSPS) is 28.4. The van der Waals surface area contributed by atoms with E-state index in [1.165, 1.54) is 25.7 Å². The van der Waals surface area contributed by atoms with E-state index in [2.05, 4.69) is 46.4 Å². The van der Waals surface area contributed by atoms with Crippen LogP contribution >= 0.6 is 0 Å². The van der Waals surface area contributed by atoms with Crippen molar-refractivity contribution in [1.29, 1.82) is 0 Å². The van der Waals surface area contributed by atoms with Crippen molar-refractivity contribution in [3.05, 3.63) is 0 Å². The molecule has 3 unspecified atom stereocenters. The first-order valence-electron chi connectivity index (χ1n) is 8.71. The first-order chi connectivity index (χ1) is 9.27. The van der Waals surface area contributed by atoms with Gasteiger partial charge >= 0.3 is 0 Å². The smallest absolute Gasteiger partial charge is 0.0695 e. The van der Waals surface area contributed by atoms with Gasteiger partial charge in [0, 0.05) is 12.1 Å². The molecule has 3 atom stereocenters. The van der Waals surface area contributed by atoms with E-state index in [0.717, 1.165) is 25.3 Å². The second-order valence-corrected chi connectivity index (χ2v) is 8.05. The summed E-state index contributed by atoms with van der Waals surface area (Å²) in [5.41, 5.74) is 0.366. The molecule has 0 bridgehead atoms. The van der Waals surface area contributed by atoms with E-state index in [9.17, 15) is 5.11 Å². The Kier molecular flexibility index (Phi) is 7.00. The molecule has 1 N–H and O–H groups in total. The zero-order chi connectivity index (χ0) is 15.3. The van der Waals surface area contributed by atoms with Crippen LogP contribution in [0.25, 0.3) is 0 Å². The van der Waals surface area contributed by atoms with Gasteiger partial charge in [0.15, 0.2) is 0 Å². The molecule has 0 radical (unpaired) electrons. The van der Waals surface area contributed by atoms with Crippen molar-refractivity contribution in [1.82, 2.24) is 4.90 Å². The number of nitrogens with zero attached hydrogens (tertiary/aromatic N) is 1. The Hall–Kier alpha value is -0.0800. The third-order valence-electron chi connectivity index (χ3n) is 5.11. The number of aliphatic hydroxyl groups excluding tert-OH is 1. The topological polar surface area (TPSA) is 23.5 Å². The molecule has 0 spiro atoms. The van der Waals surface area contributed by atoms with Crippen LogP contribution in [-0.4, -0.2) is 34.7 Å². The van der Waals surface area contributed by atoms with Crippen molar-refractivity contribution in [3.63, 3.8) is 0 Å². The molecule has 2 nitrogen and oxygen atoms in total. The highest BCUT2D eigenvalue weighted by atomic mass is 16.3. The SMILES string of the molecule is CCCCCN(C(C)C)C1CC(C(C)(C)C)CCC1O. The van der Waals surface area contributed by atoms with E-state index in [4.69, 9.17) is 0 Å². The van der Waals surface area contributed by atoms with Gasteiger partial charge in [0.2, 0.25) is 0 Å². The lowest BCUT2D eigenvalue weighted by atomic mass is 9.69. The van der Waals surface area contributed by atoms with Gasteiger partial charge in [-0.1, -0.05) is 40.5 Å². The Bertz CT molecular complexity index is 269. The second kappa shape index (κ2) is 7.79. The standard InChI is InChI=1S/C18H37NO/c1-7-8-9-12-19(14(2)3)16-13-15(18(4,5)6)10-11-17(16)20/h14-17,20H,7-13H2,1-6H3. The summed E-state index contributed by atoms with van der Waals surface area (Å²) in [6, 6.07) is 0.898. The third kappa shape index (κ3) is 5.04. The number of hydrogen-bond donors (Lipinski definition) is 1. The van der Waals surface area contributed by atoms with E-state index in [0.29, 0.717) is 17.5 Å². The van der Waals surface area contributed by atoms with Crippen LogP contribution in [0.3, 0.4) is 0 Å². The second-order valence-electron chi connectivity index (χ2n) is 8.05. The van der Waals surface area contributed by atoms with Crippen LogP contribution in [0.15, 0.2) is 0 Å². The molecule has 1 aliphatic carbocycles. The Morgan fingerprint density at radius 3 is 2.30 bits per heavy atom. The lowest BCUT2D eigenvalue weighted by Crippen LogP contribution is -2.51. The number of rotatable bonds is 6. The van der Waals surface area contributed by atoms with Crippen molar-refractivity contribution in [3.8, 4) is 0 Å². The summed E-state index contributed by atoms with van der Waals surface area (Å²) in [5, 5.41) is 10.5. The maximum atomic E-state index is 10.5. The minimum absolute atomic E-state index is 0.127. The van der Waals surface area contributed by atoms with E-state index in [-0.39, 0.29) is 6.10 Å². The highest BCUT2D eigenvalue weighted by Crippen LogP contribution is 2.39. The van der Waals surface area contributed by atoms with Crippen LogP contribution < -0.4 is 0 Å². The molecule has 0 aromatic rings. The van der Waals surface area contributed by atoms with Gasteiger partial charge in [0.05, 0.1) is 6.10 Å². The number of unbranched alkanes of at least 4 members (excludes halogenated alkanes) is 2. The molecule has 1 fully saturated rings. The molecule has 0 amide bonds. The average molecular weight is 283 g/mol. The fourth-order valence-electron chi connectivity index (χ4n) is 3.63. The fraction of sp³-hybridized carbons (Fsp3) is 1.00. The quantitative estimate of drug-likeness (QED) is 0.727. The summed E-state index contributed by atoms with van der Waals surface area (Å²) >= 11 is 0. The Labute approximate surface area is 126 Å². The molecule has 0 aliphatic heterocycles. The van der Waals surface area contributed by atoms with Crippen molar-refractivity contribution >= 4 is 0 Å². The van der Waals surface area contributed by atoms with E-state index >= 15 is 0 Å². The highest BCUT2D eigenvalue weighted by Gasteiger charge is 2.38. The van der Waals surface area contributed by atoms with Gasteiger partial charge in [-0.25, -0.2) is 0 Å². The van der Waals surface area contributed by atoms with Crippen LogP contribution in [0.5, 0.6) is 0 Å². The minimum atomic E-state index is -0.127. The number of hydrogen-bond acceptors (Lipinski definition) is 2. The first kappa shape index (κ1) is 18.0. The van der Waals surface area contributed by atoms with Crippen LogP contribution in [0.4, 0.5) is 0 Å². The zero-order valence-electron chi connectivity index (χ0n) is 14.7. The molecular weight excluding hydrogens is 246 g/mol. The first-order valence-corrected chi connectivity index (χ1v) is 8.71. The lowest BCUT2D eigenvalue weighted by molar-refractivity contribution is -0.0290. The molecule has 120 valence electrons. The van der Waals surface area contributed by atoms with Crippen LogP contribution in [-0.2, 0) is 0 Å². The summed E-state index contributed by atoms with van der Waals surface area (Å²) < 4.78 is 0. The van der Waals surface area contributed by atoms with Gasteiger partial charge in [-0.15, -0.1) is 0 Å². The van der Waals surface area contributed by atoms with Crippen molar-refractivity contribution < 1.29 is 5.11 Å². The summed E-state index contributed by atoms with van der Waals surface area (Å²) in [6.45, 7) is 15.0. The Morgan fingerprint density at radius 2 is 1.80 bits per heavy atom. The van der Waals surface area contributed by atoms with E-state index in [1.807, 2.05) is 0 Å². The van der Waals surface area contributed by atoms with Crippen molar-refractivity contribution in [2.75, 3.05) is 6.54 Å². The maximum Gasteiger partial charge on any atom is 0.0695 e. The van der Waals surface area contributed by atoms with Gasteiger partial charge in [0.1, 0.15) is 0 Å². The highest BCUT2D eigenvalue weighted by molar-refractivity contribution is 4.91. The molecule has 2 heteroatoms. The molecule has 1 saturated carbocycles. The van der Waals surface area contributed by atoms with Crippen molar-refractivity contribution in [2.24, 2.45) is 11.3 Å². The summed E-state index contributed by atoms with van der Waals surface area (Å²) in [4.78, 5) is 2.57.